The van der Waals surface area contributed by atoms with Gasteiger partial charge < -0.3 is 9.64 Å². The van der Waals surface area contributed by atoms with Crippen molar-refractivity contribution in [1.29, 1.82) is 0 Å². The third-order valence-corrected chi connectivity index (χ3v) is 5.88. The maximum absolute atomic E-state index is 5.55. The number of rotatable bonds is 5. The third kappa shape index (κ3) is 4.95. The number of hydrogen-bond donors (Lipinski definition) is 0. The lowest BCUT2D eigenvalue weighted by Gasteiger charge is -2.39. The Morgan fingerprint density at radius 1 is 1.39 bits per heavy atom. The van der Waals surface area contributed by atoms with E-state index in [1.165, 1.54) is 5.56 Å². The molecule has 0 amide bonds. The summed E-state index contributed by atoms with van der Waals surface area (Å²) >= 11 is 7.37. The van der Waals surface area contributed by atoms with E-state index in [9.17, 15) is 0 Å². The lowest BCUT2D eigenvalue weighted by molar-refractivity contribution is 0.343. The summed E-state index contributed by atoms with van der Waals surface area (Å²) in [5.41, 5.74) is 1.47. The molecule has 0 radical (unpaired) electrons. The van der Waals surface area contributed by atoms with Crippen molar-refractivity contribution in [3.05, 3.63) is 29.8 Å². The Morgan fingerprint density at radius 2 is 2.13 bits per heavy atom. The molecule has 2 rings (SSSR count). The van der Waals surface area contributed by atoms with Crippen LogP contribution in [-0.4, -0.2) is 41.0 Å². The van der Waals surface area contributed by atoms with Crippen LogP contribution in [0.15, 0.2) is 29.3 Å². The molecule has 1 fully saturated rings. The monoisotopic (exact) mass is 350 g/mol. The number of ether oxygens (including phenoxy) is 1. The molecule has 0 saturated carbocycles. The molecule has 5 heteroatoms. The average Bonchev–Trinajstić information content (AvgIpc) is 2.55. The van der Waals surface area contributed by atoms with Crippen LogP contribution in [0.4, 0.5) is 0 Å². The Morgan fingerprint density at radius 3 is 2.83 bits per heavy atom. The fourth-order valence-corrected chi connectivity index (χ4v) is 3.91. The van der Waals surface area contributed by atoms with E-state index in [0.717, 1.165) is 47.6 Å². The molecule has 0 atom stereocenters. The molecule has 0 aromatic heterocycles. The lowest BCUT2D eigenvalue weighted by Crippen LogP contribution is -2.46. The highest BCUT2D eigenvalue weighted by Crippen LogP contribution is 2.32. The van der Waals surface area contributed by atoms with Crippen LogP contribution < -0.4 is 4.74 Å². The number of amidine groups is 1. The fraction of sp³-hybridized carbons (Fsp3) is 0.556. The van der Waals surface area contributed by atoms with Crippen molar-refractivity contribution >= 4 is 34.1 Å². The summed E-state index contributed by atoms with van der Waals surface area (Å²) in [5, 5.41) is 1.08. The van der Waals surface area contributed by atoms with Gasteiger partial charge in [0.2, 0.25) is 0 Å². The molecule has 1 saturated heterocycles. The van der Waals surface area contributed by atoms with Gasteiger partial charge in [-0.25, -0.2) is 0 Å². The van der Waals surface area contributed by atoms with Crippen molar-refractivity contribution in [1.82, 2.24) is 4.90 Å². The zero-order valence-corrected chi connectivity index (χ0v) is 16.1. The Labute approximate surface area is 149 Å². The Hall–Kier alpha value is -1.07. The molecule has 0 N–H and O–H groups in total. The van der Waals surface area contributed by atoms with Gasteiger partial charge in [0.05, 0.1) is 12.1 Å². The van der Waals surface area contributed by atoms with Crippen LogP contribution in [0.3, 0.4) is 0 Å². The van der Waals surface area contributed by atoms with E-state index in [-0.39, 0.29) is 5.41 Å². The lowest BCUT2D eigenvalue weighted by atomic mass is 9.95. The van der Waals surface area contributed by atoms with E-state index < -0.39 is 0 Å². The second kappa shape index (κ2) is 8.15. The first kappa shape index (κ1) is 18.3. The minimum absolute atomic E-state index is 0.269. The summed E-state index contributed by atoms with van der Waals surface area (Å²) in [6, 6.07) is 8.14. The van der Waals surface area contributed by atoms with Gasteiger partial charge >= 0.3 is 0 Å². The fourth-order valence-electron chi connectivity index (χ4n) is 2.58. The minimum Gasteiger partial charge on any atom is -0.496 e. The summed E-state index contributed by atoms with van der Waals surface area (Å²) in [5.74, 6) is 2.02. The smallest absolute Gasteiger partial charge is 0.164 e. The molecule has 126 valence electrons. The van der Waals surface area contributed by atoms with Crippen LogP contribution in [-0.2, 0) is 6.42 Å². The second-order valence-corrected chi connectivity index (χ2v) is 7.93. The van der Waals surface area contributed by atoms with Crippen molar-refractivity contribution in [2.24, 2.45) is 10.4 Å². The van der Waals surface area contributed by atoms with Crippen molar-refractivity contribution in [3.8, 4) is 5.75 Å². The minimum atomic E-state index is 0.269. The van der Waals surface area contributed by atoms with Crippen molar-refractivity contribution in [3.63, 3.8) is 0 Å². The van der Waals surface area contributed by atoms with Crippen LogP contribution >= 0.6 is 24.0 Å². The second-order valence-electron chi connectivity index (χ2n) is 6.51. The molecule has 23 heavy (non-hydrogen) atoms. The molecule has 1 aliphatic rings. The molecule has 0 aliphatic carbocycles. The van der Waals surface area contributed by atoms with E-state index in [4.69, 9.17) is 21.9 Å². The third-order valence-electron chi connectivity index (χ3n) is 3.83. The Kier molecular flexibility index (Phi) is 6.48. The largest absolute Gasteiger partial charge is 0.496 e. The van der Waals surface area contributed by atoms with Crippen molar-refractivity contribution in [2.45, 2.75) is 33.6 Å². The molecule has 1 aromatic rings. The topological polar surface area (TPSA) is 24.8 Å². The van der Waals surface area contributed by atoms with Crippen LogP contribution in [0.25, 0.3) is 0 Å². The number of methoxy groups -OCH3 is 1. The van der Waals surface area contributed by atoms with Gasteiger partial charge in [-0.15, -0.1) is 0 Å². The molecule has 1 aliphatic heterocycles. The first-order valence-corrected chi connectivity index (χ1v) is 9.46. The van der Waals surface area contributed by atoms with Crippen LogP contribution in [0, 0.1) is 5.41 Å². The van der Waals surface area contributed by atoms with E-state index in [0.29, 0.717) is 0 Å². The number of hydrogen-bond acceptors (Lipinski definition) is 4. The summed E-state index contributed by atoms with van der Waals surface area (Å²) in [7, 11) is 1.71. The van der Waals surface area contributed by atoms with Crippen LogP contribution in [0.5, 0.6) is 5.75 Å². The van der Waals surface area contributed by atoms with Gasteiger partial charge in [0.1, 0.15) is 5.75 Å². The van der Waals surface area contributed by atoms with Crippen molar-refractivity contribution < 1.29 is 4.74 Å². The van der Waals surface area contributed by atoms with Gasteiger partial charge in [-0.2, -0.15) is 0 Å². The Bertz CT molecular complexity index is 584. The van der Waals surface area contributed by atoms with Gasteiger partial charge in [0, 0.05) is 18.8 Å². The SMILES string of the molecule is CCC(=S)N1CC(C)(C)CSC1=NCCc1ccccc1OC. The van der Waals surface area contributed by atoms with Gasteiger partial charge in [0.25, 0.3) is 0 Å². The first-order chi connectivity index (χ1) is 11.0. The maximum Gasteiger partial charge on any atom is 0.164 e. The highest BCUT2D eigenvalue weighted by Gasteiger charge is 2.32. The number of aliphatic imine (C=N–C) groups is 1. The number of benzene rings is 1. The van der Waals surface area contributed by atoms with Gasteiger partial charge in [0.15, 0.2) is 5.17 Å². The van der Waals surface area contributed by atoms with Crippen molar-refractivity contribution in [2.75, 3.05) is 26.0 Å². The zero-order valence-electron chi connectivity index (χ0n) is 14.5. The molecule has 1 heterocycles. The molecular formula is C18H26N2OS2. The number of nitrogens with zero attached hydrogens (tertiary/aromatic N) is 2. The van der Waals surface area contributed by atoms with Gasteiger partial charge in [-0.1, -0.05) is 63.0 Å². The quantitative estimate of drug-likeness (QED) is 0.735. The number of thioether (sulfide) groups is 1. The predicted molar refractivity (Wildman–Crippen MR) is 105 cm³/mol. The molecule has 1 aromatic carbocycles. The summed E-state index contributed by atoms with van der Waals surface area (Å²) in [4.78, 5) is 8.05. The Balaban J connectivity index is 2.06. The first-order valence-electron chi connectivity index (χ1n) is 8.06. The molecule has 0 unspecified atom stereocenters. The zero-order chi connectivity index (χ0) is 16.9. The van der Waals surface area contributed by atoms with E-state index in [2.05, 4.69) is 31.7 Å². The summed E-state index contributed by atoms with van der Waals surface area (Å²) < 4.78 is 5.41. The highest BCUT2D eigenvalue weighted by atomic mass is 32.2. The summed E-state index contributed by atoms with van der Waals surface area (Å²) in [6.45, 7) is 8.40. The van der Waals surface area contributed by atoms with Crippen LogP contribution in [0.1, 0.15) is 32.8 Å². The number of para-hydroxylation sites is 1. The molecule has 0 spiro atoms. The number of thiocarbonyl (C=S) groups is 1. The maximum atomic E-state index is 5.55. The standard InChI is InChI=1S/C18H26N2OS2/c1-5-16(22)20-12-18(2,3)13-23-17(20)19-11-10-14-8-6-7-9-15(14)21-4/h6-9H,5,10-13H2,1-4H3. The predicted octanol–water partition coefficient (Wildman–Crippen LogP) is 4.41. The highest BCUT2D eigenvalue weighted by molar-refractivity contribution is 8.14. The van der Waals surface area contributed by atoms with E-state index in [1.54, 1.807) is 7.11 Å². The van der Waals surface area contributed by atoms with Crippen LogP contribution in [0.2, 0.25) is 0 Å². The van der Waals surface area contributed by atoms with E-state index in [1.807, 2.05) is 30.0 Å². The van der Waals surface area contributed by atoms with E-state index >= 15 is 0 Å². The van der Waals surface area contributed by atoms with Gasteiger partial charge in [-0.05, 0) is 29.9 Å². The molecule has 0 bridgehead atoms. The summed E-state index contributed by atoms with van der Waals surface area (Å²) in [6.07, 6.45) is 1.77. The average molecular weight is 351 g/mol. The molecular weight excluding hydrogens is 324 g/mol. The normalized spacial score (nSPS) is 19.0. The molecule has 3 nitrogen and oxygen atoms in total. The van der Waals surface area contributed by atoms with Gasteiger partial charge in [-0.3, -0.25) is 4.99 Å².